The van der Waals surface area contributed by atoms with E-state index in [1.54, 1.807) is 18.2 Å². The average molecular weight is 235 g/mol. The fourth-order valence-electron chi connectivity index (χ4n) is 1.90. The molecule has 1 heterocycles. The van der Waals surface area contributed by atoms with Gasteiger partial charge in [0.25, 0.3) is 0 Å². The van der Waals surface area contributed by atoms with Crippen LogP contribution in [0.5, 0.6) is 0 Å². The molecule has 6 heteroatoms. The lowest BCUT2D eigenvalue weighted by Gasteiger charge is -2.30. The molecule has 1 fully saturated rings. The summed E-state index contributed by atoms with van der Waals surface area (Å²) in [6.07, 6.45) is 0.776. The molecule has 5 nitrogen and oxygen atoms in total. The molecule has 17 heavy (non-hydrogen) atoms. The molecule has 1 aliphatic rings. The number of nitrogens with zero attached hydrogens (tertiary/aromatic N) is 1. The highest BCUT2D eigenvalue weighted by molar-refractivity contribution is 6.58. The zero-order chi connectivity index (χ0) is 12.3. The van der Waals surface area contributed by atoms with Gasteiger partial charge >= 0.3 is 7.12 Å². The van der Waals surface area contributed by atoms with Gasteiger partial charge in [-0.05, 0) is 17.6 Å². The van der Waals surface area contributed by atoms with Crippen LogP contribution in [-0.4, -0.2) is 49.8 Å². The van der Waals surface area contributed by atoms with Gasteiger partial charge in [-0.3, -0.25) is 4.79 Å². The highest BCUT2D eigenvalue weighted by Gasteiger charge is 2.18. The smallest absolute Gasteiger partial charge is 0.423 e. The Balaban J connectivity index is 2.34. The molecule has 0 bridgehead atoms. The second kappa shape index (κ2) is 5.31. The molecule has 0 aliphatic carbocycles. The third-order valence-corrected chi connectivity index (χ3v) is 2.83. The van der Waals surface area contributed by atoms with Crippen molar-refractivity contribution in [2.24, 2.45) is 0 Å². The van der Waals surface area contributed by atoms with E-state index in [-0.39, 0.29) is 0 Å². The van der Waals surface area contributed by atoms with Crippen molar-refractivity contribution in [3.63, 3.8) is 0 Å². The number of rotatable bonds is 3. The van der Waals surface area contributed by atoms with E-state index in [9.17, 15) is 4.79 Å². The van der Waals surface area contributed by atoms with E-state index < -0.39 is 7.12 Å². The SMILES string of the molecule is O=Cc1ccc(B(O)O)cc1N1CCOCC1. The van der Waals surface area contributed by atoms with Gasteiger partial charge in [0.15, 0.2) is 6.29 Å². The Morgan fingerprint density at radius 1 is 1.29 bits per heavy atom. The molecular formula is C11H14BNO4. The molecule has 1 saturated heterocycles. The number of anilines is 1. The van der Waals surface area contributed by atoms with Gasteiger partial charge in [-0.1, -0.05) is 6.07 Å². The van der Waals surface area contributed by atoms with Crippen molar-refractivity contribution in [2.75, 3.05) is 31.2 Å². The normalized spacial score (nSPS) is 15.8. The minimum absolute atomic E-state index is 0.386. The summed E-state index contributed by atoms with van der Waals surface area (Å²) in [6, 6.07) is 4.78. The molecule has 0 unspecified atom stereocenters. The zero-order valence-electron chi connectivity index (χ0n) is 9.37. The van der Waals surface area contributed by atoms with Crippen molar-refractivity contribution in [3.8, 4) is 0 Å². The molecule has 1 aromatic carbocycles. The molecule has 0 amide bonds. The molecule has 1 aromatic rings. The summed E-state index contributed by atoms with van der Waals surface area (Å²) in [5.41, 5.74) is 1.67. The van der Waals surface area contributed by atoms with Crippen LogP contribution in [-0.2, 0) is 4.74 Å². The summed E-state index contributed by atoms with van der Waals surface area (Å²) >= 11 is 0. The zero-order valence-corrected chi connectivity index (χ0v) is 9.37. The average Bonchev–Trinajstić information content (AvgIpc) is 2.39. The van der Waals surface area contributed by atoms with Crippen molar-refractivity contribution in [1.82, 2.24) is 0 Å². The highest BCUT2D eigenvalue weighted by Crippen LogP contribution is 2.19. The monoisotopic (exact) mass is 235 g/mol. The van der Waals surface area contributed by atoms with Crippen LogP contribution in [0, 0.1) is 0 Å². The lowest BCUT2D eigenvalue weighted by atomic mass is 9.79. The topological polar surface area (TPSA) is 70.0 Å². The van der Waals surface area contributed by atoms with Crippen LogP contribution in [0.3, 0.4) is 0 Å². The van der Waals surface area contributed by atoms with Gasteiger partial charge in [-0.15, -0.1) is 0 Å². The third-order valence-electron chi connectivity index (χ3n) is 2.83. The predicted molar refractivity (Wildman–Crippen MR) is 64.7 cm³/mol. The van der Waals surface area contributed by atoms with Gasteiger partial charge in [0.2, 0.25) is 0 Å². The first-order valence-corrected chi connectivity index (χ1v) is 5.50. The summed E-state index contributed by atoms with van der Waals surface area (Å²) in [4.78, 5) is 13.0. The maximum atomic E-state index is 11.0. The first-order valence-electron chi connectivity index (χ1n) is 5.50. The van der Waals surface area contributed by atoms with Crippen molar-refractivity contribution < 1.29 is 19.6 Å². The van der Waals surface area contributed by atoms with Crippen LogP contribution < -0.4 is 10.4 Å². The van der Waals surface area contributed by atoms with Gasteiger partial charge < -0.3 is 19.7 Å². The molecule has 0 aromatic heterocycles. The second-order valence-electron chi connectivity index (χ2n) is 3.91. The van der Waals surface area contributed by atoms with E-state index >= 15 is 0 Å². The van der Waals surface area contributed by atoms with Gasteiger partial charge in [0.05, 0.1) is 13.2 Å². The van der Waals surface area contributed by atoms with E-state index in [0.717, 1.165) is 12.0 Å². The Kier molecular flexibility index (Phi) is 3.78. The summed E-state index contributed by atoms with van der Waals surface area (Å²) in [5.74, 6) is 0. The van der Waals surface area contributed by atoms with Crippen molar-refractivity contribution in [3.05, 3.63) is 23.8 Å². The molecule has 0 spiro atoms. The van der Waals surface area contributed by atoms with Crippen LogP contribution in [0.2, 0.25) is 0 Å². The first kappa shape index (κ1) is 12.1. The summed E-state index contributed by atoms with van der Waals surface area (Å²) < 4.78 is 5.24. The van der Waals surface area contributed by atoms with E-state index in [1.807, 2.05) is 4.90 Å². The van der Waals surface area contributed by atoms with Crippen LogP contribution in [0.1, 0.15) is 10.4 Å². The Hall–Kier alpha value is -1.37. The molecule has 0 saturated carbocycles. The Morgan fingerprint density at radius 3 is 2.59 bits per heavy atom. The molecule has 0 radical (unpaired) electrons. The fourth-order valence-corrected chi connectivity index (χ4v) is 1.90. The number of benzene rings is 1. The van der Waals surface area contributed by atoms with E-state index in [0.29, 0.717) is 37.3 Å². The minimum Gasteiger partial charge on any atom is -0.423 e. The number of aldehydes is 1. The maximum absolute atomic E-state index is 11.0. The molecular weight excluding hydrogens is 221 g/mol. The lowest BCUT2D eigenvalue weighted by Crippen LogP contribution is -2.38. The fraction of sp³-hybridized carbons (Fsp3) is 0.364. The van der Waals surface area contributed by atoms with Gasteiger partial charge in [-0.2, -0.15) is 0 Å². The maximum Gasteiger partial charge on any atom is 0.488 e. The number of carbonyl (C=O) groups excluding carboxylic acids is 1. The predicted octanol–water partition coefficient (Wildman–Crippen LogP) is -0.985. The molecule has 0 atom stereocenters. The number of hydrogen-bond donors (Lipinski definition) is 2. The standard InChI is InChI=1S/C11H14BNO4/c14-8-9-1-2-10(12(15)16)7-11(9)13-3-5-17-6-4-13/h1-2,7-8,15-16H,3-6H2. The Morgan fingerprint density at radius 2 is 2.00 bits per heavy atom. The Labute approximate surface area is 99.8 Å². The quantitative estimate of drug-likeness (QED) is 0.520. The summed E-state index contributed by atoms with van der Waals surface area (Å²) in [6.45, 7) is 2.63. The van der Waals surface area contributed by atoms with E-state index in [4.69, 9.17) is 14.8 Å². The number of carbonyl (C=O) groups is 1. The van der Waals surface area contributed by atoms with Crippen molar-refractivity contribution in [1.29, 1.82) is 0 Å². The van der Waals surface area contributed by atoms with Gasteiger partial charge in [0, 0.05) is 24.3 Å². The number of ether oxygens (including phenoxy) is 1. The van der Waals surface area contributed by atoms with Crippen molar-refractivity contribution >= 4 is 24.6 Å². The first-order chi connectivity index (χ1) is 8.22. The molecule has 2 rings (SSSR count). The minimum atomic E-state index is -1.52. The third kappa shape index (κ3) is 2.66. The summed E-state index contributed by atoms with van der Waals surface area (Å²) in [5, 5.41) is 18.3. The number of morpholine rings is 1. The van der Waals surface area contributed by atoms with Crippen LogP contribution in [0.15, 0.2) is 18.2 Å². The largest absolute Gasteiger partial charge is 0.488 e. The number of hydrogen-bond acceptors (Lipinski definition) is 5. The summed E-state index contributed by atoms with van der Waals surface area (Å²) in [7, 11) is -1.52. The van der Waals surface area contributed by atoms with E-state index in [1.165, 1.54) is 0 Å². The highest BCUT2D eigenvalue weighted by atomic mass is 16.5. The van der Waals surface area contributed by atoms with Crippen LogP contribution in [0.4, 0.5) is 5.69 Å². The molecule has 2 N–H and O–H groups in total. The Bertz CT molecular complexity index is 404. The van der Waals surface area contributed by atoms with Crippen LogP contribution in [0.25, 0.3) is 0 Å². The second-order valence-corrected chi connectivity index (χ2v) is 3.91. The van der Waals surface area contributed by atoms with Crippen molar-refractivity contribution in [2.45, 2.75) is 0 Å². The lowest BCUT2D eigenvalue weighted by molar-refractivity contribution is 0.111. The molecule has 90 valence electrons. The molecule has 1 aliphatic heterocycles. The van der Waals surface area contributed by atoms with Gasteiger partial charge in [0.1, 0.15) is 0 Å². The van der Waals surface area contributed by atoms with Crippen LogP contribution >= 0.6 is 0 Å². The van der Waals surface area contributed by atoms with Gasteiger partial charge in [-0.25, -0.2) is 0 Å². The van der Waals surface area contributed by atoms with E-state index in [2.05, 4.69) is 0 Å².